The molecule has 0 saturated carbocycles. The van der Waals surface area contributed by atoms with Crippen LogP contribution in [0.3, 0.4) is 0 Å². The Kier molecular flexibility index (Phi) is 5.91. The van der Waals surface area contributed by atoms with Gasteiger partial charge < -0.3 is 14.2 Å². The lowest BCUT2D eigenvalue weighted by molar-refractivity contribution is -0.162. The first-order valence-corrected chi connectivity index (χ1v) is 9.39. The van der Waals surface area contributed by atoms with Crippen molar-refractivity contribution in [3.63, 3.8) is 0 Å². The third-order valence-electron chi connectivity index (χ3n) is 4.41. The molecular weight excluding hydrogens is 372 g/mol. The van der Waals surface area contributed by atoms with Crippen LogP contribution >= 0.6 is 0 Å². The molecule has 1 saturated heterocycles. The summed E-state index contributed by atoms with van der Waals surface area (Å²) in [5.74, 6) is -2.02. The van der Waals surface area contributed by atoms with E-state index < -0.39 is 35.7 Å². The molecule has 0 unspecified atom stereocenters. The number of ether oxygens (including phenoxy) is 3. The summed E-state index contributed by atoms with van der Waals surface area (Å²) < 4.78 is 16.5. The maximum Gasteiger partial charge on any atom is 0.411 e. The number of methoxy groups -OCH3 is 1. The van der Waals surface area contributed by atoms with Gasteiger partial charge in [0.1, 0.15) is 5.60 Å². The quantitative estimate of drug-likeness (QED) is 0.769. The Morgan fingerprint density at radius 1 is 1.03 bits per heavy atom. The number of hydrogen-bond acceptors (Lipinski definition) is 6. The van der Waals surface area contributed by atoms with Gasteiger partial charge in [0.15, 0.2) is 6.10 Å². The van der Waals surface area contributed by atoms with E-state index in [4.69, 9.17) is 14.2 Å². The first-order chi connectivity index (χ1) is 13.7. The molecule has 154 valence electrons. The Morgan fingerprint density at radius 2 is 1.62 bits per heavy atom. The van der Waals surface area contributed by atoms with E-state index in [2.05, 4.69) is 10.6 Å². The van der Waals surface area contributed by atoms with E-state index >= 15 is 0 Å². The summed E-state index contributed by atoms with van der Waals surface area (Å²) in [5.41, 5.74) is 0.756. The standard InChI is InChI=1S/C22H26N2O5/c1-21(2,3)29-20(26)24-22(16-13-9-6-10-14-16)23-17(15-11-7-5-8-12-15)18(28-22)19(25)27-4/h5-14,17-18,23H,1-4H3,(H,24,26)/t17-,18+,22+/m0/s1. The van der Waals surface area contributed by atoms with Crippen molar-refractivity contribution in [3.05, 3.63) is 71.8 Å². The van der Waals surface area contributed by atoms with Gasteiger partial charge in [0.2, 0.25) is 5.85 Å². The van der Waals surface area contributed by atoms with Crippen LogP contribution in [0.15, 0.2) is 60.7 Å². The van der Waals surface area contributed by atoms with E-state index in [0.29, 0.717) is 5.56 Å². The molecule has 1 amide bonds. The molecule has 0 aliphatic carbocycles. The largest absolute Gasteiger partial charge is 0.467 e. The summed E-state index contributed by atoms with van der Waals surface area (Å²) in [7, 11) is 1.30. The summed E-state index contributed by atoms with van der Waals surface area (Å²) >= 11 is 0. The number of carbonyl (C=O) groups is 2. The highest BCUT2D eigenvalue weighted by Crippen LogP contribution is 2.37. The number of esters is 1. The fraction of sp³-hybridized carbons (Fsp3) is 0.364. The van der Waals surface area contributed by atoms with Gasteiger partial charge in [0.05, 0.1) is 13.2 Å². The maximum atomic E-state index is 12.6. The molecule has 1 heterocycles. The molecule has 3 rings (SSSR count). The van der Waals surface area contributed by atoms with Gasteiger partial charge in [0.25, 0.3) is 0 Å². The van der Waals surface area contributed by atoms with Crippen LogP contribution in [0.4, 0.5) is 4.79 Å². The van der Waals surface area contributed by atoms with Gasteiger partial charge in [-0.3, -0.25) is 10.6 Å². The number of hydrogen-bond donors (Lipinski definition) is 2. The highest BCUT2D eigenvalue weighted by atomic mass is 16.6. The number of carbonyl (C=O) groups excluding carboxylic acids is 2. The second kappa shape index (κ2) is 8.23. The average Bonchev–Trinajstić information content (AvgIpc) is 3.08. The van der Waals surface area contributed by atoms with Crippen molar-refractivity contribution in [2.75, 3.05) is 7.11 Å². The van der Waals surface area contributed by atoms with Crippen molar-refractivity contribution in [1.82, 2.24) is 10.6 Å². The van der Waals surface area contributed by atoms with E-state index in [9.17, 15) is 9.59 Å². The predicted octanol–water partition coefficient (Wildman–Crippen LogP) is 3.22. The van der Waals surface area contributed by atoms with E-state index in [1.807, 2.05) is 48.5 Å². The molecule has 1 aliphatic heterocycles. The van der Waals surface area contributed by atoms with E-state index in [0.717, 1.165) is 5.56 Å². The van der Waals surface area contributed by atoms with Gasteiger partial charge in [0, 0.05) is 5.56 Å². The number of amides is 1. The SMILES string of the molecule is COC(=O)[C@@H]1O[C@](NC(=O)OC(C)(C)C)(c2ccccc2)N[C@H]1c1ccccc1. The topological polar surface area (TPSA) is 85.9 Å². The summed E-state index contributed by atoms with van der Waals surface area (Å²) in [6, 6.07) is 17.9. The zero-order valence-electron chi connectivity index (χ0n) is 17.0. The minimum Gasteiger partial charge on any atom is -0.467 e. The van der Waals surface area contributed by atoms with E-state index in [-0.39, 0.29) is 0 Å². The van der Waals surface area contributed by atoms with Crippen LogP contribution in [-0.2, 0) is 24.9 Å². The molecule has 7 heteroatoms. The van der Waals surface area contributed by atoms with Crippen molar-refractivity contribution in [1.29, 1.82) is 0 Å². The average molecular weight is 398 g/mol. The Bertz CT molecular complexity index is 851. The summed E-state index contributed by atoms with van der Waals surface area (Å²) in [6.07, 6.45) is -1.65. The van der Waals surface area contributed by atoms with Crippen LogP contribution in [0, 0.1) is 0 Å². The summed E-state index contributed by atoms with van der Waals surface area (Å²) in [5, 5.41) is 6.06. The lowest BCUT2D eigenvalue weighted by Gasteiger charge is -2.32. The molecule has 2 aromatic carbocycles. The second-order valence-electron chi connectivity index (χ2n) is 7.77. The molecule has 1 fully saturated rings. The first kappa shape index (κ1) is 20.8. The van der Waals surface area contributed by atoms with Crippen LogP contribution < -0.4 is 10.6 Å². The first-order valence-electron chi connectivity index (χ1n) is 9.39. The smallest absolute Gasteiger partial charge is 0.411 e. The van der Waals surface area contributed by atoms with Gasteiger partial charge in [-0.15, -0.1) is 0 Å². The molecule has 0 bridgehead atoms. The van der Waals surface area contributed by atoms with Crippen LogP contribution in [0.25, 0.3) is 0 Å². The Balaban J connectivity index is 2.01. The second-order valence-corrected chi connectivity index (χ2v) is 7.77. The van der Waals surface area contributed by atoms with Gasteiger partial charge in [-0.1, -0.05) is 60.7 Å². The van der Waals surface area contributed by atoms with Gasteiger partial charge in [-0.25, -0.2) is 9.59 Å². The van der Waals surface area contributed by atoms with Crippen molar-refractivity contribution in [2.45, 2.75) is 44.4 Å². The van der Waals surface area contributed by atoms with Crippen LogP contribution in [0.1, 0.15) is 37.9 Å². The van der Waals surface area contributed by atoms with Crippen molar-refractivity contribution in [3.8, 4) is 0 Å². The molecule has 29 heavy (non-hydrogen) atoms. The molecule has 3 atom stereocenters. The molecule has 0 aromatic heterocycles. The summed E-state index contributed by atoms with van der Waals surface area (Å²) in [4.78, 5) is 25.1. The normalized spacial score (nSPS) is 24.0. The molecule has 1 aliphatic rings. The number of nitrogens with one attached hydrogen (secondary N) is 2. The highest BCUT2D eigenvalue weighted by molar-refractivity contribution is 5.77. The highest BCUT2D eigenvalue weighted by Gasteiger charge is 2.52. The monoisotopic (exact) mass is 398 g/mol. The lowest BCUT2D eigenvalue weighted by Crippen LogP contribution is -2.55. The summed E-state index contributed by atoms with van der Waals surface area (Å²) in [6.45, 7) is 5.32. The molecule has 2 N–H and O–H groups in total. The molecule has 7 nitrogen and oxygen atoms in total. The van der Waals surface area contributed by atoms with Crippen LogP contribution in [0.5, 0.6) is 0 Å². The van der Waals surface area contributed by atoms with E-state index in [1.54, 1.807) is 32.9 Å². The van der Waals surface area contributed by atoms with Crippen molar-refractivity contribution >= 4 is 12.1 Å². The Morgan fingerprint density at radius 3 is 2.17 bits per heavy atom. The number of rotatable bonds is 4. The number of alkyl carbamates (subject to hydrolysis) is 1. The fourth-order valence-electron chi connectivity index (χ4n) is 3.22. The zero-order valence-corrected chi connectivity index (χ0v) is 17.0. The molecule has 0 radical (unpaired) electrons. The molecule has 0 spiro atoms. The number of benzene rings is 2. The molecular formula is C22H26N2O5. The van der Waals surface area contributed by atoms with Crippen LogP contribution in [0.2, 0.25) is 0 Å². The third kappa shape index (κ3) is 4.75. The van der Waals surface area contributed by atoms with Gasteiger partial charge in [-0.05, 0) is 26.3 Å². The maximum absolute atomic E-state index is 12.6. The van der Waals surface area contributed by atoms with Crippen molar-refractivity contribution < 1.29 is 23.8 Å². The minimum atomic E-state index is -1.47. The van der Waals surface area contributed by atoms with Gasteiger partial charge in [-0.2, -0.15) is 0 Å². The van der Waals surface area contributed by atoms with Gasteiger partial charge >= 0.3 is 12.1 Å². The van der Waals surface area contributed by atoms with Crippen LogP contribution in [-0.4, -0.2) is 30.9 Å². The molecule has 2 aromatic rings. The minimum absolute atomic E-state index is 0.543. The lowest BCUT2D eigenvalue weighted by atomic mass is 10.0. The third-order valence-corrected chi connectivity index (χ3v) is 4.41. The Hall–Kier alpha value is -2.90. The predicted molar refractivity (Wildman–Crippen MR) is 107 cm³/mol. The van der Waals surface area contributed by atoms with Crippen molar-refractivity contribution in [2.24, 2.45) is 0 Å². The zero-order chi connectivity index (χ0) is 21.1. The van der Waals surface area contributed by atoms with E-state index in [1.165, 1.54) is 7.11 Å². The Labute approximate surface area is 170 Å². The fourth-order valence-corrected chi connectivity index (χ4v) is 3.22.